The van der Waals surface area contributed by atoms with Gasteiger partial charge >= 0.3 is 0 Å². The van der Waals surface area contributed by atoms with Crippen LogP contribution in [0, 0.1) is 5.92 Å². The van der Waals surface area contributed by atoms with E-state index in [4.69, 9.17) is 10.5 Å². The first-order chi connectivity index (χ1) is 13.7. The van der Waals surface area contributed by atoms with Gasteiger partial charge in [-0.05, 0) is 29.9 Å². The summed E-state index contributed by atoms with van der Waals surface area (Å²) in [5, 5.41) is 3.29. The van der Waals surface area contributed by atoms with E-state index in [2.05, 4.69) is 58.4 Å². The van der Waals surface area contributed by atoms with Crippen LogP contribution in [0.5, 0.6) is 5.75 Å². The van der Waals surface area contributed by atoms with Gasteiger partial charge in [-0.2, -0.15) is 4.98 Å². The van der Waals surface area contributed by atoms with Gasteiger partial charge in [-0.25, -0.2) is 4.98 Å². The quantitative estimate of drug-likeness (QED) is 0.597. The van der Waals surface area contributed by atoms with Crippen molar-refractivity contribution in [1.82, 2.24) is 9.97 Å². The molecule has 1 unspecified atom stereocenters. The summed E-state index contributed by atoms with van der Waals surface area (Å²) >= 11 is 0. The monoisotopic (exact) mass is 379 g/mol. The number of nitrogens with two attached hydrogens (primary N) is 1. The van der Waals surface area contributed by atoms with E-state index in [1.165, 1.54) is 11.1 Å². The predicted octanol–water partition coefficient (Wildman–Crippen LogP) is 4.43. The van der Waals surface area contributed by atoms with Crippen LogP contribution in [0.15, 0.2) is 53.3 Å². The zero-order valence-corrected chi connectivity index (χ0v) is 16.6. The van der Waals surface area contributed by atoms with Crippen molar-refractivity contribution in [2.75, 3.05) is 24.2 Å². The van der Waals surface area contributed by atoms with Gasteiger partial charge in [0.1, 0.15) is 6.61 Å². The number of anilines is 2. The molecule has 0 fully saturated rings. The largest absolute Gasteiger partial charge is 0.484 e. The van der Waals surface area contributed by atoms with E-state index in [0.29, 0.717) is 24.1 Å². The molecule has 1 aromatic carbocycles. The summed E-state index contributed by atoms with van der Waals surface area (Å²) in [5.41, 5.74) is 8.24. The number of benzene rings is 1. The van der Waals surface area contributed by atoms with Gasteiger partial charge in [0.05, 0.1) is 6.20 Å². The van der Waals surface area contributed by atoms with Gasteiger partial charge in [0.15, 0.2) is 11.6 Å². The first-order valence-corrected chi connectivity index (χ1v) is 9.93. The third-order valence-electron chi connectivity index (χ3n) is 4.95. The van der Waals surface area contributed by atoms with E-state index in [-0.39, 0.29) is 11.9 Å². The Hall–Kier alpha value is -2.89. The maximum absolute atomic E-state index is 6.03. The van der Waals surface area contributed by atoms with Crippen molar-refractivity contribution in [3.05, 3.63) is 53.9 Å². The number of hydrogen-bond donors (Lipinski definition) is 2. The van der Waals surface area contributed by atoms with E-state index in [1.807, 2.05) is 18.5 Å². The minimum atomic E-state index is 0.240. The molecule has 6 heteroatoms. The molecule has 1 aliphatic heterocycles. The minimum Gasteiger partial charge on any atom is -0.484 e. The van der Waals surface area contributed by atoms with Crippen molar-refractivity contribution < 1.29 is 4.74 Å². The number of unbranched alkanes of at least 4 members (excludes halogenated alkanes) is 1. The summed E-state index contributed by atoms with van der Waals surface area (Å²) in [6.07, 6.45) is 8.72. The lowest BCUT2D eigenvalue weighted by atomic mass is 9.88. The summed E-state index contributed by atoms with van der Waals surface area (Å²) in [5.74, 6) is 2.23. The van der Waals surface area contributed by atoms with Crippen molar-refractivity contribution in [3.8, 4) is 5.75 Å². The standard InChI is InChI=1S/C22H29N5O/c1-3-4-10-25-21-20(14-26-22(23)27-21)28-15-19-13-24-12-18(19)11-16(2)17-8-6-5-7-9-17/h5-9,12-14,16,18H,3-4,10-11,15H2,1-2H3,(H3,23,25,26,27)/t16?,18-/m0/s1. The zero-order valence-electron chi connectivity index (χ0n) is 16.6. The molecule has 0 aliphatic carbocycles. The van der Waals surface area contributed by atoms with Crippen LogP contribution in [0.1, 0.15) is 44.6 Å². The third-order valence-corrected chi connectivity index (χ3v) is 4.95. The average Bonchev–Trinajstić information content (AvgIpc) is 3.15. The second-order valence-electron chi connectivity index (χ2n) is 7.17. The average molecular weight is 380 g/mol. The molecule has 2 aromatic rings. The Balaban J connectivity index is 1.59. The molecule has 0 bridgehead atoms. The number of rotatable bonds is 10. The van der Waals surface area contributed by atoms with Crippen molar-refractivity contribution in [2.45, 2.75) is 39.0 Å². The summed E-state index contributed by atoms with van der Waals surface area (Å²) in [6.45, 7) is 5.69. The van der Waals surface area contributed by atoms with Crippen LogP contribution in [-0.2, 0) is 0 Å². The second-order valence-corrected chi connectivity index (χ2v) is 7.17. The summed E-state index contributed by atoms with van der Waals surface area (Å²) in [6, 6.07) is 10.6. The van der Waals surface area contributed by atoms with Gasteiger partial charge in [0, 0.05) is 24.9 Å². The minimum absolute atomic E-state index is 0.240. The van der Waals surface area contributed by atoms with Crippen LogP contribution in [0.25, 0.3) is 0 Å². The first kappa shape index (κ1) is 19.9. The fourth-order valence-electron chi connectivity index (χ4n) is 3.25. The molecule has 2 atom stereocenters. The molecule has 3 N–H and O–H groups in total. The van der Waals surface area contributed by atoms with Crippen LogP contribution in [-0.4, -0.2) is 29.3 Å². The second kappa shape index (κ2) is 9.88. The van der Waals surface area contributed by atoms with Crippen LogP contribution in [0.4, 0.5) is 11.8 Å². The van der Waals surface area contributed by atoms with Crippen molar-refractivity contribution >= 4 is 18.0 Å². The van der Waals surface area contributed by atoms with E-state index < -0.39 is 0 Å². The predicted molar refractivity (Wildman–Crippen MR) is 115 cm³/mol. The molecule has 6 nitrogen and oxygen atoms in total. The van der Waals surface area contributed by atoms with Crippen molar-refractivity contribution in [2.24, 2.45) is 10.9 Å². The molecule has 2 heterocycles. The van der Waals surface area contributed by atoms with E-state index in [1.54, 1.807) is 6.20 Å². The normalized spacial score (nSPS) is 16.6. The Morgan fingerprint density at radius 2 is 2.07 bits per heavy atom. The topological polar surface area (TPSA) is 85.4 Å². The fourth-order valence-corrected chi connectivity index (χ4v) is 3.25. The fraction of sp³-hybridized carbons (Fsp3) is 0.409. The van der Waals surface area contributed by atoms with Crippen LogP contribution >= 0.6 is 0 Å². The first-order valence-electron chi connectivity index (χ1n) is 9.93. The van der Waals surface area contributed by atoms with Crippen LogP contribution < -0.4 is 15.8 Å². The van der Waals surface area contributed by atoms with E-state index >= 15 is 0 Å². The number of nitrogens with one attached hydrogen (secondary N) is 1. The van der Waals surface area contributed by atoms with Gasteiger partial charge in [-0.1, -0.05) is 50.6 Å². The number of aromatic nitrogens is 2. The number of aliphatic imine (C=N–C) groups is 1. The van der Waals surface area contributed by atoms with Crippen LogP contribution in [0.3, 0.4) is 0 Å². The number of nitrogens with zero attached hydrogens (tertiary/aromatic N) is 3. The molecule has 1 aliphatic rings. The molecule has 0 saturated carbocycles. The summed E-state index contributed by atoms with van der Waals surface area (Å²) in [4.78, 5) is 12.7. The van der Waals surface area contributed by atoms with Crippen molar-refractivity contribution in [1.29, 1.82) is 0 Å². The van der Waals surface area contributed by atoms with Gasteiger partial charge in [0.2, 0.25) is 5.95 Å². The molecule has 0 spiro atoms. The van der Waals surface area contributed by atoms with E-state index in [9.17, 15) is 0 Å². The molecule has 3 rings (SSSR count). The zero-order chi connectivity index (χ0) is 19.8. The highest BCUT2D eigenvalue weighted by atomic mass is 16.5. The number of ether oxygens (including phenoxy) is 1. The molecule has 1 aromatic heterocycles. The number of hydrogen-bond acceptors (Lipinski definition) is 6. The Labute approximate surface area is 167 Å². The highest BCUT2D eigenvalue weighted by molar-refractivity contribution is 5.69. The molecule has 148 valence electrons. The summed E-state index contributed by atoms with van der Waals surface area (Å²) in [7, 11) is 0. The van der Waals surface area contributed by atoms with Crippen molar-refractivity contribution in [3.63, 3.8) is 0 Å². The third kappa shape index (κ3) is 5.31. The lowest BCUT2D eigenvalue weighted by molar-refractivity contribution is 0.339. The molecule has 0 amide bonds. The summed E-state index contributed by atoms with van der Waals surface area (Å²) < 4.78 is 6.03. The highest BCUT2D eigenvalue weighted by Crippen LogP contribution is 2.30. The van der Waals surface area contributed by atoms with Gasteiger partial charge in [0.25, 0.3) is 0 Å². The lowest BCUT2D eigenvalue weighted by Gasteiger charge is -2.19. The smallest absolute Gasteiger partial charge is 0.222 e. The molecule has 0 saturated heterocycles. The molecular weight excluding hydrogens is 350 g/mol. The lowest BCUT2D eigenvalue weighted by Crippen LogP contribution is -2.14. The maximum atomic E-state index is 6.03. The number of nitrogen functional groups attached to an aromatic ring is 1. The van der Waals surface area contributed by atoms with E-state index in [0.717, 1.165) is 25.8 Å². The Morgan fingerprint density at radius 3 is 2.86 bits per heavy atom. The van der Waals surface area contributed by atoms with Gasteiger partial charge < -0.3 is 15.8 Å². The Bertz CT molecular complexity index is 819. The molecule has 0 radical (unpaired) electrons. The Kier molecular flexibility index (Phi) is 7.00. The highest BCUT2D eigenvalue weighted by Gasteiger charge is 2.21. The maximum Gasteiger partial charge on any atom is 0.222 e. The van der Waals surface area contributed by atoms with Crippen LogP contribution in [0.2, 0.25) is 0 Å². The molecule has 28 heavy (non-hydrogen) atoms. The van der Waals surface area contributed by atoms with Gasteiger partial charge in [-0.15, -0.1) is 0 Å². The SMILES string of the molecule is CCCCNc1nc(N)ncc1OCC1=CN=C[C@@H]1CC(C)c1ccccc1. The Morgan fingerprint density at radius 1 is 1.25 bits per heavy atom. The van der Waals surface area contributed by atoms with Gasteiger partial charge in [-0.3, -0.25) is 4.99 Å². The molecular formula is C22H29N5O.